The van der Waals surface area contributed by atoms with Gasteiger partial charge in [0, 0.05) is 12.1 Å². The summed E-state index contributed by atoms with van der Waals surface area (Å²) in [6, 6.07) is 0.222. The lowest BCUT2D eigenvalue weighted by atomic mass is 10.2. The van der Waals surface area contributed by atoms with Crippen LogP contribution in [0.15, 0.2) is 0 Å². The zero-order chi connectivity index (χ0) is 10.8. The molecule has 2 aliphatic carbocycles. The molecule has 0 saturated heterocycles. The second kappa shape index (κ2) is 4.18. The molecule has 15 heavy (non-hydrogen) atoms. The van der Waals surface area contributed by atoms with Crippen molar-refractivity contribution >= 4 is 11.8 Å². The largest absolute Gasteiger partial charge is 0.368 e. The summed E-state index contributed by atoms with van der Waals surface area (Å²) >= 11 is 0. The van der Waals surface area contributed by atoms with Crippen molar-refractivity contribution in [1.82, 2.24) is 10.6 Å². The van der Waals surface area contributed by atoms with E-state index in [0.29, 0.717) is 12.1 Å². The van der Waals surface area contributed by atoms with E-state index in [2.05, 4.69) is 10.6 Å². The van der Waals surface area contributed by atoms with E-state index in [1.165, 1.54) is 0 Å². The zero-order valence-electron chi connectivity index (χ0n) is 8.66. The SMILES string of the molecule is NC(=O)C(CC(=O)NC1CC1)NC1CC1. The predicted molar refractivity (Wildman–Crippen MR) is 54.9 cm³/mol. The van der Waals surface area contributed by atoms with Gasteiger partial charge in [-0.3, -0.25) is 9.59 Å². The van der Waals surface area contributed by atoms with Crippen molar-refractivity contribution in [3.63, 3.8) is 0 Å². The first-order valence-electron chi connectivity index (χ1n) is 5.50. The molecule has 1 atom stereocenters. The Balaban J connectivity index is 1.75. The summed E-state index contributed by atoms with van der Waals surface area (Å²) in [6.45, 7) is 0. The maximum Gasteiger partial charge on any atom is 0.235 e. The number of carbonyl (C=O) groups excluding carboxylic acids is 2. The van der Waals surface area contributed by atoms with Crippen molar-refractivity contribution in [2.45, 2.75) is 50.2 Å². The van der Waals surface area contributed by atoms with Gasteiger partial charge < -0.3 is 16.4 Å². The fourth-order valence-electron chi connectivity index (χ4n) is 1.48. The molecule has 4 N–H and O–H groups in total. The summed E-state index contributed by atoms with van der Waals surface area (Å²) in [5.74, 6) is -0.512. The van der Waals surface area contributed by atoms with Crippen molar-refractivity contribution < 1.29 is 9.59 Å². The maximum absolute atomic E-state index is 11.5. The first-order valence-corrected chi connectivity index (χ1v) is 5.50. The minimum Gasteiger partial charge on any atom is -0.368 e. The van der Waals surface area contributed by atoms with Gasteiger partial charge in [-0.15, -0.1) is 0 Å². The third kappa shape index (κ3) is 3.51. The summed E-state index contributed by atoms with van der Waals surface area (Å²) < 4.78 is 0. The molecule has 0 radical (unpaired) electrons. The van der Waals surface area contributed by atoms with Crippen LogP contribution in [0.4, 0.5) is 0 Å². The first-order chi connectivity index (χ1) is 7.15. The Labute approximate surface area is 88.8 Å². The normalized spacial score (nSPS) is 22.1. The Morgan fingerprint density at radius 2 is 1.80 bits per heavy atom. The van der Waals surface area contributed by atoms with Crippen LogP contribution in [0.3, 0.4) is 0 Å². The number of nitrogens with one attached hydrogen (secondary N) is 2. The average molecular weight is 211 g/mol. The van der Waals surface area contributed by atoms with Crippen LogP contribution in [0.1, 0.15) is 32.1 Å². The van der Waals surface area contributed by atoms with E-state index in [0.717, 1.165) is 25.7 Å². The number of amides is 2. The van der Waals surface area contributed by atoms with E-state index in [1.807, 2.05) is 0 Å². The van der Waals surface area contributed by atoms with Gasteiger partial charge in [0.2, 0.25) is 11.8 Å². The molecular formula is C10H17N3O2. The highest BCUT2D eigenvalue weighted by Gasteiger charge is 2.30. The Morgan fingerprint density at radius 1 is 1.20 bits per heavy atom. The van der Waals surface area contributed by atoms with Crippen molar-refractivity contribution in [3.8, 4) is 0 Å². The van der Waals surface area contributed by atoms with Crippen LogP contribution in [-0.2, 0) is 9.59 Å². The fraction of sp³-hybridized carbons (Fsp3) is 0.800. The molecule has 5 heteroatoms. The molecule has 0 aromatic carbocycles. The van der Waals surface area contributed by atoms with Crippen molar-refractivity contribution in [2.24, 2.45) is 5.73 Å². The van der Waals surface area contributed by atoms with E-state index in [4.69, 9.17) is 5.73 Å². The summed E-state index contributed by atoms with van der Waals surface area (Å²) in [5, 5.41) is 5.93. The molecule has 2 aliphatic rings. The third-order valence-corrected chi connectivity index (χ3v) is 2.69. The molecule has 84 valence electrons. The van der Waals surface area contributed by atoms with Crippen LogP contribution >= 0.6 is 0 Å². The molecule has 0 aliphatic heterocycles. The van der Waals surface area contributed by atoms with Gasteiger partial charge in [-0.2, -0.15) is 0 Å². The minimum absolute atomic E-state index is 0.0746. The van der Waals surface area contributed by atoms with Crippen molar-refractivity contribution in [2.75, 3.05) is 0 Å². The van der Waals surface area contributed by atoms with E-state index in [9.17, 15) is 9.59 Å². The number of rotatable bonds is 6. The summed E-state index contributed by atoms with van der Waals surface area (Å²) in [4.78, 5) is 22.5. The van der Waals surface area contributed by atoms with E-state index in [-0.39, 0.29) is 12.3 Å². The van der Waals surface area contributed by atoms with Gasteiger partial charge in [0.1, 0.15) is 0 Å². The topological polar surface area (TPSA) is 84.2 Å². The summed E-state index contributed by atoms with van der Waals surface area (Å²) in [5.41, 5.74) is 5.23. The third-order valence-electron chi connectivity index (χ3n) is 2.69. The second-order valence-corrected chi connectivity index (χ2v) is 4.44. The molecule has 0 heterocycles. The van der Waals surface area contributed by atoms with Gasteiger partial charge >= 0.3 is 0 Å². The lowest BCUT2D eigenvalue weighted by Crippen LogP contribution is -2.45. The van der Waals surface area contributed by atoms with E-state index < -0.39 is 11.9 Å². The van der Waals surface area contributed by atoms with Gasteiger partial charge in [-0.05, 0) is 25.7 Å². The van der Waals surface area contributed by atoms with Gasteiger partial charge in [-0.25, -0.2) is 0 Å². The highest BCUT2D eigenvalue weighted by molar-refractivity contribution is 5.87. The Kier molecular flexibility index (Phi) is 2.90. The molecule has 2 saturated carbocycles. The standard InChI is InChI=1S/C10H17N3O2/c11-10(15)8(12-6-1-2-6)5-9(14)13-7-3-4-7/h6-8,12H,1-5H2,(H2,11,15)(H,13,14). The van der Waals surface area contributed by atoms with Crippen LogP contribution < -0.4 is 16.4 Å². The van der Waals surface area contributed by atoms with Crippen molar-refractivity contribution in [3.05, 3.63) is 0 Å². The number of hydrogen-bond donors (Lipinski definition) is 3. The van der Waals surface area contributed by atoms with Gasteiger partial charge in [0.05, 0.1) is 12.5 Å². The first kappa shape index (κ1) is 10.4. The lowest BCUT2D eigenvalue weighted by Gasteiger charge is -2.14. The molecule has 5 nitrogen and oxygen atoms in total. The highest BCUT2D eigenvalue weighted by atomic mass is 16.2. The molecular weight excluding hydrogens is 194 g/mol. The van der Waals surface area contributed by atoms with Crippen LogP contribution in [0.25, 0.3) is 0 Å². The average Bonchev–Trinajstić information content (AvgIpc) is 2.96. The molecule has 0 bridgehead atoms. The van der Waals surface area contributed by atoms with Crippen LogP contribution in [0.2, 0.25) is 0 Å². The maximum atomic E-state index is 11.5. The van der Waals surface area contributed by atoms with Crippen LogP contribution in [0, 0.1) is 0 Å². The monoisotopic (exact) mass is 211 g/mol. The molecule has 0 aromatic rings. The molecule has 1 unspecified atom stereocenters. The lowest BCUT2D eigenvalue weighted by molar-refractivity contribution is -0.126. The second-order valence-electron chi connectivity index (χ2n) is 4.44. The van der Waals surface area contributed by atoms with Crippen molar-refractivity contribution in [1.29, 1.82) is 0 Å². The van der Waals surface area contributed by atoms with Gasteiger partial charge in [0.25, 0.3) is 0 Å². The summed E-state index contributed by atoms with van der Waals surface area (Å²) in [6.07, 6.45) is 4.44. The number of carbonyl (C=O) groups is 2. The Bertz CT molecular complexity index is 272. The predicted octanol–water partition coefficient (Wildman–Crippen LogP) is -0.739. The summed E-state index contributed by atoms with van der Waals surface area (Å²) in [7, 11) is 0. The molecule has 2 rings (SSSR count). The van der Waals surface area contributed by atoms with Crippen LogP contribution in [-0.4, -0.2) is 29.9 Å². The van der Waals surface area contributed by atoms with Gasteiger partial charge in [-0.1, -0.05) is 0 Å². The highest BCUT2D eigenvalue weighted by Crippen LogP contribution is 2.21. The van der Waals surface area contributed by atoms with E-state index in [1.54, 1.807) is 0 Å². The number of hydrogen-bond acceptors (Lipinski definition) is 3. The molecule has 2 fully saturated rings. The Hall–Kier alpha value is -1.10. The molecule has 2 amide bonds. The van der Waals surface area contributed by atoms with Gasteiger partial charge in [0.15, 0.2) is 0 Å². The molecule has 0 aromatic heterocycles. The van der Waals surface area contributed by atoms with Crippen LogP contribution in [0.5, 0.6) is 0 Å². The smallest absolute Gasteiger partial charge is 0.235 e. The number of primary amides is 1. The number of nitrogens with two attached hydrogens (primary N) is 1. The van der Waals surface area contributed by atoms with E-state index >= 15 is 0 Å². The molecule has 0 spiro atoms. The zero-order valence-corrected chi connectivity index (χ0v) is 8.66. The Morgan fingerprint density at radius 3 is 2.27 bits per heavy atom. The minimum atomic E-state index is -0.503. The quantitative estimate of drug-likeness (QED) is 0.541. The fourth-order valence-corrected chi connectivity index (χ4v) is 1.48.